The summed E-state index contributed by atoms with van der Waals surface area (Å²) in [6.07, 6.45) is 0. The van der Waals surface area contributed by atoms with E-state index in [2.05, 4.69) is 0 Å². The molecule has 0 rings (SSSR count). The monoisotopic (exact) mass is 151 g/mol. The fourth-order valence-corrected chi connectivity index (χ4v) is 0. The van der Waals surface area contributed by atoms with Gasteiger partial charge in [-0.3, -0.25) is 4.55 Å². The minimum absolute atomic E-state index is 0. The Morgan fingerprint density at radius 2 is 1.71 bits per heavy atom. The molecule has 0 saturated carbocycles. The first-order chi connectivity index (χ1) is 2.56. The third-order valence-electron chi connectivity index (χ3n) is 0.258. The molecule has 0 aromatic rings. The second kappa shape index (κ2) is 4.39. The van der Waals surface area contributed by atoms with Crippen LogP contribution in [0.3, 0.4) is 0 Å². The van der Waals surface area contributed by atoms with E-state index in [0.717, 1.165) is 7.05 Å². The van der Waals surface area contributed by atoms with Gasteiger partial charge in [0.25, 0.3) is 0 Å². The number of rotatable bonds is 1. The fraction of sp³-hybridized carbons (Fsp3) is 1.00. The molecule has 0 spiro atoms. The topological polar surface area (TPSA) is 66.4 Å². The van der Waals surface area contributed by atoms with Crippen molar-refractivity contribution in [3.8, 4) is 0 Å². The standard InChI is InChI=1S/CH5NO3S.K.H/c1-2-6(3,4)5;;/h2H,1H3,(H,3,4,5);;. The van der Waals surface area contributed by atoms with Crippen LogP contribution in [-0.4, -0.2) is 71.4 Å². The third-order valence-corrected chi connectivity index (χ3v) is 0.774. The zero-order valence-electron chi connectivity index (χ0n) is 3.17. The molecule has 7 heavy (non-hydrogen) atoms. The van der Waals surface area contributed by atoms with Crippen molar-refractivity contribution in [2.24, 2.45) is 0 Å². The average Bonchev–Trinajstić information content (AvgIpc) is 1.35. The van der Waals surface area contributed by atoms with E-state index in [1.165, 1.54) is 0 Å². The Labute approximate surface area is 85.0 Å². The van der Waals surface area contributed by atoms with Crippen LogP contribution in [0.25, 0.3) is 0 Å². The molecule has 0 heterocycles. The van der Waals surface area contributed by atoms with Crippen LogP contribution in [0.5, 0.6) is 0 Å². The van der Waals surface area contributed by atoms with Gasteiger partial charge in [0.15, 0.2) is 0 Å². The molecule has 40 valence electrons. The van der Waals surface area contributed by atoms with Gasteiger partial charge in [0.2, 0.25) is 0 Å². The molecule has 0 aliphatic rings. The van der Waals surface area contributed by atoms with E-state index in [-0.39, 0.29) is 51.4 Å². The molecule has 0 fully saturated rings. The number of hydrogen-bond donors (Lipinski definition) is 2. The van der Waals surface area contributed by atoms with E-state index in [1.807, 2.05) is 0 Å². The molecule has 6 heteroatoms. The van der Waals surface area contributed by atoms with Gasteiger partial charge in [0, 0.05) is 7.05 Å². The SMILES string of the molecule is CNS(=O)(=O)O.[KH]. The van der Waals surface area contributed by atoms with Crippen molar-refractivity contribution in [1.82, 2.24) is 4.72 Å². The van der Waals surface area contributed by atoms with Gasteiger partial charge in [-0.25, -0.2) is 0 Å². The zero-order chi connectivity index (χ0) is 5.21. The summed E-state index contributed by atoms with van der Waals surface area (Å²) in [5.74, 6) is 0. The van der Waals surface area contributed by atoms with Gasteiger partial charge in [0.05, 0.1) is 0 Å². The summed E-state index contributed by atoms with van der Waals surface area (Å²) in [6, 6.07) is 0. The summed E-state index contributed by atoms with van der Waals surface area (Å²) in [7, 11) is -2.79. The van der Waals surface area contributed by atoms with Crippen molar-refractivity contribution < 1.29 is 13.0 Å². The Morgan fingerprint density at radius 3 is 1.71 bits per heavy atom. The van der Waals surface area contributed by atoms with Gasteiger partial charge >= 0.3 is 61.7 Å². The number of hydrogen-bond acceptors (Lipinski definition) is 2. The third kappa shape index (κ3) is 11.2. The van der Waals surface area contributed by atoms with Crippen LogP contribution < -0.4 is 4.72 Å². The second-order valence-corrected chi connectivity index (χ2v) is 2.04. The van der Waals surface area contributed by atoms with Crippen LogP contribution in [0, 0.1) is 0 Å². The van der Waals surface area contributed by atoms with Crippen LogP contribution in [0.1, 0.15) is 0 Å². The Bertz CT molecular complexity index is 117. The first-order valence-corrected chi connectivity index (χ1v) is 2.66. The number of nitrogens with one attached hydrogen (secondary N) is 1. The van der Waals surface area contributed by atoms with E-state index < -0.39 is 10.3 Å². The van der Waals surface area contributed by atoms with Crippen LogP contribution in [0.15, 0.2) is 0 Å². The Balaban J connectivity index is 0. The van der Waals surface area contributed by atoms with Crippen molar-refractivity contribution in [2.75, 3.05) is 7.05 Å². The summed E-state index contributed by atoms with van der Waals surface area (Å²) in [6.45, 7) is 0. The quantitative estimate of drug-likeness (QED) is 0.349. The van der Waals surface area contributed by atoms with Gasteiger partial charge in [-0.2, -0.15) is 13.1 Å². The van der Waals surface area contributed by atoms with Gasteiger partial charge < -0.3 is 0 Å². The molecule has 0 bridgehead atoms. The maximum atomic E-state index is 9.44. The van der Waals surface area contributed by atoms with E-state index in [1.54, 1.807) is 4.72 Å². The second-order valence-electron chi connectivity index (χ2n) is 0.679. The molecule has 2 N–H and O–H groups in total. The van der Waals surface area contributed by atoms with Crippen LogP contribution in [-0.2, 0) is 10.3 Å². The van der Waals surface area contributed by atoms with Crippen molar-refractivity contribution >= 4 is 61.7 Å². The van der Waals surface area contributed by atoms with Crippen LogP contribution in [0.4, 0.5) is 0 Å². The van der Waals surface area contributed by atoms with Crippen molar-refractivity contribution in [1.29, 1.82) is 0 Å². The first kappa shape index (κ1) is 11.3. The summed E-state index contributed by atoms with van der Waals surface area (Å²) < 4.78 is 28.2. The van der Waals surface area contributed by atoms with Gasteiger partial charge in [-0.1, -0.05) is 0 Å². The predicted octanol–water partition coefficient (Wildman–Crippen LogP) is -1.64. The molecule has 0 atom stereocenters. The maximum absolute atomic E-state index is 9.44. The van der Waals surface area contributed by atoms with E-state index in [9.17, 15) is 8.42 Å². The van der Waals surface area contributed by atoms with Crippen molar-refractivity contribution in [3.05, 3.63) is 0 Å². The molecule has 4 nitrogen and oxygen atoms in total. The Morgan fingerprint density at radius 1 is 1.57 bits per heavy atom. The first-order valence-electron chi connectivity index (χ1n) is 1.22. The van der Waals surface area contributed by atoms with Crippen LogP contribution >= 0.6 is 0 Å². The van der Waals surface area contributed by atoms with Gasteiger partial charge in [-0.15, -0.1) is 0 Å². The predicted molar refractivity (Wildman–Crippen MR) is 27.8 cm³/mol. The van der Waals surface area contributed by atoms with E-state index in [0.29, 0.717) is 0 Å². The fourth-order valence-electron chi connectivity index (χ4n) is 0. The van der Waals surface area contributed by atoms with E-state index in [4.69, 9.17) is 4.55 Å². The summed E-state index contributed by atoms with van der Waals surface area (Å²) >= 11 is 0. The molecule has 0 aliphatic heterocycles. The average molecular weight is 151 g/mol. The van der Waals surface area contributed by atoms with Gasteiger partial charge in [-0.05, 0) is 0 Å². The molecule has 0 unspecified atom stereocenters. The molecular weight excluding hydrogens is 145 g/mol. The molecule has 0 aliphatic carbocycles. The van der Waals surface area contributed by atoms with Crippen molar-refractivity contribution in [2.45, 2.75) is 0 Å². The van der Waals surface area contributed by atoms with Crippen molar-refractivity contribution in [3.63, 3.8) is 0 Å². The van der Waals surface area contributed by atoms with E-state index >= 15 is 0 Å². The summed E-state index contributed by atoms with van der Waals surface area (Å²) in [5, 5.41) is 0. The minimum atomic E-state index is -3.91. The zero-order valence-corrected chi connectivity index (χ0v) is 3.99. The molecule has 0 aromatic carbocycles. The molecule has 0 saturated heterocycles. The Kier molecular flexibility index (Phi) is 7.10. The molecule has 0 aromatic heterocycles. The van der Waals surface area contributed by atoms with Crippen LogP contribution in [0.2, 0.25) is 0 Å². The summed E-state index contributed by atoms with van der Waals surface area (Å²) in [5.41, 5.74) is 0. The molecule has 0 radical (unpaired) electrons. The molecule has 0 amide bonds. The summed E-state index contributed by atoms with van der Waals surface area (Å²) in [4.78, 5) is 0. The van der Waals surface area contributed by atoms with Gasteiger partial charge in [0.1, 0.15) is 0 Å². The Hall–Kier alpha value is 1.51. The normalized spacial score (nSPS) is 10.0. The molecular formula is CH6KNO3S.